The fraction of sp³-hybridized carbons (Fsp3) is 0.360. The summed E-state index contributed by atoms with van der Waals surface area (Å²) in [7, 11) is 2.10. The van der Waals surface area contributed by atoms with Gasteiger partial charge in [0.15, 0.2) is 0 Å². The zero-order valence-corrected chi connectivity index (χ0v) is 19.8. The summed E-state index contributed by atoms with van der Waals surface area (Å²) >= 11 is 0. The monoisotopic (exact) mass is 515 g/mol. The van der Waals surface area contributed by atoms with E-state index in [2.05, 4.69) is 59.8 Å². The van der Waals surface area contributed by atoms with Crippen molar-refractivity contribution in [3.05, 3.63) is 90.0 Å². The number of benzene rings is 2. The normalized spacial score (nSPS) is 18.7. The van der Waals surface area contributed by atoms with Crippen LogP contribution in [0.15, 0.2) is 73.1 Å². The summed E-state index contributed by atoms with van der Waals surface area (Å²) in [5, 5.41) is 0. The van der Waals surface area contributed by atoms with Gasteiger partial charge in [-0.3, -0.25) is 4.79 Å². The molecule has 0 unspecified atom stereocenters. The third-order valence-electron chi connectivity index (χ3n) is 6.73. The van der Waals surface area contributed by atoms with Crippen LogP contribution in [0.5, 0.6) is 0 Å². The lowest BCUT2D eigenvalue weighted by molar-refractivity contribution is -0.678. The number of carbonyl (C=O) groups excluding carboxylic acids is 1. The highest BCUT2D eigenvalue weighted by Crippen LogP contribution is 2.49. The van der Waals surface area contributed by atoms with Gasteiger partial charge in [-0.1, -0.05) is 67.6 Å². The van der Waals surface area contributed by atoms with Crippen molar-refractivity contribution in [2.45, 2.75) is 44.1 Å². The second kappa shape index (κ2) is 9.33. The van der Waals surface area contributed by atoms with E-state index in [0.717, 1.165) is 36.8 Å². The number of hydrogen-bond acceptors (Lipinski definition) is 1. The second-order valence-corrected chi connectivity index (χ2v) is 8.15. The molecule has 4 rings (SSSR count). The van der Waals surface area contributed by atoms with Gasteiger partial charge < -0.3 is 29.7 Å². The van der Waals surface area contributed by atoms with Gasteiger partial charge in [0.25, 0.3) is 5.82 Å². The summed E-state index contributed by atoms with van der Waals surface area (Å²) in [6, 6.07) is 20.6. The number of primary amides is 1. The standard InChI is InChI=1S/C25H29N3O.HI/c1-3-23-27(2)16-17-28(23)22-15-14-21(18-22)25(24(26)29,19-10-6-4-7-11-19)20-12-8-5-9-13-20;/h4-13,16-17,21-22H,3,14-15,18H2,1-2H3,(H-,26,29);1H/t21-,22+;/m1./s1. The molecule has 0 saturated heterocycles. The van der Waals surface area contributed by atoms with Crippen LogP contribution in [-0.4, -0.2) is 10.5 Å². The molecule has 0 bridgehead atoms. The van der Waals surface area contributed by atoms with Crippen LogP contribution in [0.3, 0.4) is 0 Å². The fourth-order valence-electron chi connectivity index (χ4n) is 5.42. The first kappa shape index (κ1) is 22.5. The Kier molecular flexibility index (Phi) is 7.01. The van der Waals surface area contributed by atoms with Gasteiger partial charge in [-0.05, 0) is 36.3 Å². The number of nitrogens with two attached hydrogens (primary N) is 1. The first-order valence-electron chi connectivity index (χ1n) is 10.5. The molecular weight excluding hydrogens is 485 g/mol. The number of aryl methyl sites for hydroxylation is 1. The van der Waals surface area contributed by atoms with Gasteiger partial charge >= 0.3 is 0 Å². The molecule has 1 saturated carbocycles. The second-order valence-electron chi connectivity index (χ2n) is 8.15. The SMILES string of the molecule is CCc1n([C@H]2CC[C@@H](C(C(N)=O)(c3ccccc3)c3ccccc3)C2)cc[n+]1C.[I-]. The van der Waals surface area contributed by atoms with E-state index in [-0.39, 0.29) is 35.8 Å². The largest absolute Gasteiger partial charge is 1.00 e. The smallest absolute Gasteiger partial charge is 0.256 e. The highest BCUT2D eigenvalue weighted by Gasteiger charge is 2.51. The number of nitrogens with zero attached hydrogens (tertiary/aromatic N) is 2. The zero-order chi connectivity index (χ0) is 20.4. The van der Waals surface area contributed by atoms with E-state index in [1.54, 1.807) is 0 Å². The van der Waals surface area contributed by atoms with Gasteiger partial charge in [0.1, 0.15) is 23.9 Å². The average Bonchev–Trinajstić information content (AvgIpc) is 3.37. The van der Waals surface area contributed by atoms with E-state index in [0.29, 0.717) is 6.04 Å². The molecule has 1 heterocycles. The lowest BCUT2D eigenvalue weighted by Gasteiger charge is -2.37. The number of hydrogen-bond donors (Lipinski definition) is 1. The maximum atomic E-state index is 13.2. The molecule has 1 amide bonds. The van der Waals surface area contributed by atoms with Gasteiger partial charge in [0, 0.05) is 6.42 Å². The van der Waals surface area contributed by atoms with Crippen molar-refractivity contribution >= 4 is 5.91 Å². The van der Waals surface area contributed by atoms with E-state index in [1.807, 2.05) is 36.4 Å². The van der Waals surface area contributed by atoms with Gasteiger partial charge in [-0.25, -0.2) is 9.13 Å². The van der Waals surface area contributed by atoms with E-state index >= 15 is 0 Å². The molecule has 0 aliphatic heterocycles. The van der Waals surface area contributed by atoms with Gasteiger partial charge in [-0.2, -0.15) is 0 Å². The molecule has 2 atom stereocenters. The maximum absolute atomic E-state index is 13.2. The number of halogens is 1. The molecule has 5 heteroatoms. The number of amides is 1. The van der Waals surface area contributed by atoms with Crippen LogP contribution in [0.4, 0.5) is 0 Å². The number of rotatable bonds is 6. The van der Waals surface area contributed by atoms with Gasteiger partial charge in [0.05, 0.1) is 7.05 Å². The van der Waals surface area contributed by atoms with Gasteiger partial charge in [0.2, 0.25) is 5.91 Å². The first-order valence-corrected chi connectivity index (χ1v) is 10.5. The molecule has 0 radical (unpaired) electrons. The topological polar surface area (TPSA) is 51.9 Å². The average molecular weight is 515 g/mol. The Morgan fingerprint density at radius 3 is 2.13 bits per heavy atom. The van der Waals surface area contributed by atoms with Crippen LogP contribution in [0, 0.1) is 5.92 Å². The first-order chi connectivity index (χ1) is 14.1. The highest BCUT2D eigenvalue weighted by atomic mass is 127. The minimum absolute atomic E-state index is 0. The summed E-state index contributed by atoms with van der Waals surface area (Å²) < 4.78 is 4.60. The van der Waals surface area contributed by atoms with Crippen LogP contribution < -0.4 is 34.3 Å². The summed E-state index contributed by atoms with van der Waals surface area (Å²) in [6.45, 7) is 2.19. The molecule has 4 nitrogen and oxygen atoms in total. The third kappa shape index (κ3) is 3.68. The molecule has 1 aromatic heterocycles. The lowest BCUT2D eigenvalue weighted by atomic mass is 9.64. The lowest BCUT2D eigenvalue weighted by Crippen LogP contribution is -3.00. The van der Waals surface area contributed by atoms with Crippen LogP contribution in [0.2, 0.25) is 0 Å². The van der Waals surface area contributed by atoms with Crippen molar-refractivity contribution in [1.29, 1.82) is 0 Å². The molecule has 1 aliphatic carbocycles. The van der Waals surface area contributed by atoms with Crippen molar-refractivity contribution in [2.75, 3.05) is 0 Å². The zero-order valence-electron chi connectivity index (χ0n) is 17.7. The Hall–Kier alpha value is -2.15. The fourth-order valence-corrected chi connectivity index (χ4v) is 5.42. The number of carbonyl (C=O) groups is 1. The Bertz CT molecular complexity index is 945. The van der Waals surface area contributed by atoms with Crippen molar-refractivity contribution in [3.63, 3.8) is 0 Å². The predicted molar refractivity (Wildman–Crippen MR) is 114 cm³/mol. The Morgan fingerprint density at radius 1 is 1.07 bits per heavy atom. The van der Waals surface area contributed by atoms with Crippen LogP contribution in [0.1, 0.15) is 49.2 Å². The van der Waals surface area contributed by atoms with Crippen molar-refractivity contribution in [1.82, 2.24) is 4.57 Å². The number of imidazole rings is 1. The molecule has 2 aromatic carbocycles. The molecule has 158 valence electrons. The summed E-state index contributed by atoms with van der Waals surface area (Å²) in [4.78, 5) is 13.2. The van der Waals surface area contributed by atoms with E-state index < -0.39 is 5.41 Å². The Morgan fingerprint density at radius 2 is 1.63 bits per heavy atom. The van der Waals surface area contributed by atoms with Crippen molar-refractivity contribution < 1.29 is 33.3 Å². The third-order valence-corrected chi connectivity index (χ3v) is 6.73. The molecule has 30 heavy (non-hydrogen) atoms. The van der Waals surface area contributed by atoms with E-state index in [9.17, 15) is 4.79 Å². The number of aromatic nitrogens is 2. The summed E-state index contributed by atoms with van der Waals surface area (Å²) in [5.74, 6) is 1.22. The minimum atomic E-state index is -0.807. The van der Waals surface area contributed by atoms with E-state index in [4.69, 9.17) is 5.73 Å². The highest BCUT2D eigenvalue weighted by molar-refractivity contribution is 5.91. The maximum Gasteiger partial charge on any atom is 0.256 e. The molecule has 3 aromatic rings. The molecule has 0 spiro atoms. The predicted octanol–water partition coefficient (Wildman–Crippen LogP) is 0.692. The molecule has 1 aliphatic rings. The van der Waals surface area contributed by atoms with Gasteiger partial charge in [-0.15, -0.1) is 0 Å². The summed E-state index contributed by atoms with van der Waals surface area (Å²) in [5.41, 5.74) is 7.40. The molecule has 2 N–H and O–H groups in total. The molecular formula is C25H30IN3O. The van der Waals surface area contributed by atoms with Crippen molar-refractivity contribution in [3.8, 4) is 0 Å². The van der Waals surface area contributed by atoms with Crippen molar-refractivity contribution in [2.24, 2.45) is 18.7 Å². The Labute approximate surface area is 196 Å². The van der Waals surface area contributed by atoms with Crippen LogP contribution in [-0.2, 0) is 23.7 Å². The van der Waals surface area contributed by atoms with Crippen LogP contribution in [0.25, 0.3) is 0 Å². The molecule has 1 fully saturated rings. The Balaban J connectivity index is 0.00000256. The quantitative estimate of drug-likeness (QED) is 0.382. The minimum Gasteiger partial charge on any atom is -1.00 e. The van der Waals surface area contributed by atoms with E-state index in [1.165, 1.54) is 5.82 Å². The summed E-state index contributed by atoms with van der Waals surface area (Å²) in [6.07, 6.45) is 8.27. The van der Waals surface area contributed by atoms with Crippen LogP contribution >= 0.6 is 0 Å².